The van der Waals surface area contributed by atoms with Crippen LogP contribution in [0, 0.1) is 0 Å². The molecule has 1 aliphatic rings. The van der Waals surface area contributed by atoms with Gasteiger partial charge in [-0.25, -0.2) is 5.01 Å². The molecule has 3 aromatic rings. The summed E-state index contributed by atoms with van der Waals surface area (Å²) < 4.78 is 0. The lowest BCUT2D eigenvalue weighted by Crippen LogP contribution is -2.56. The molecule has 1 atom stereocenters. The number of amides is 3. The quantitative estimate of drug-likeness (QED) is 0.122. The maximum Gasteiger partial charge on any atom is 0.282 e. The highest BCUT2D eigenvalue weighted by atomic mass is 35.5. The van der Waals surface area contributed by atoms with Gasteiger partial charge in [0.1, 0.15) is 6.04 Å². The molecule has 0 spiro atoms. The van der Waals surface area contributed by atoms with E-state index in [-0.39, 0.29) is 52.4 Å². The minimum absolute atomic E-state index is 0.0381. The number of nitrogens with zero attached hydrogens (tertiary/aromatic N) is 2. The van der Waals surface area contributed by atoms with Gasteiger partial charge >= 0.3 is 0 Å². The van der Waals surface area contributed by atoms with Crippen molar-refractivity contribution in [2.45, 2.75) is 13.0 Å². The Hall–Kier alpha value is -2.03. The molecule has 6 nitrogen and oxygen atoms in total. The summed E-state index contributed by atoms with van der Waals surface area (Å²) in [4.78, 5) is 54.3. The van der Waals surface area contributed by atoms with E-state index in [0.717, 1.165) is 0 Å². The van der Waals surface area contributed by atoms with Gasteiger partial charge in [0.05, 0.1) is 41.3 Å². The normalized spacial score (nSPS) is 13.6. The second-order valence-corrected chi connectivity index (χ2v) is 10.5. The Kier molecular flexibility index (Phi) is 8.03. The summed E-state index contributed by atoms with van der Waals surface area (Å²) in [5.41, 5.74) is -0.606. The number of ketones is 1. The zero-order chi connectivity index (χ0) is 27.3. The lowest BCUT2D eigenvalue weighted by atomic mass is 10.0. The second kappa shape index (κ2) is 10.6. The van der Waals surface area contributed by atoms with Gasteiger partial charge in [-0.2, -0.15) is 5.01 Å². The summed E-state index contributed by atoms with van der Waals surface area (Å²) in [5.74, 6) is -3.58. The van der Waals surface area contributed by atoms with Crippen molar-refractivity contribution in [3.05, 3.63) is 99.9 Å². The van der Waals surface area contributed by atoms with E-state index in [1.807, 2.05) is 0 Å². The lowest BCUT2D eigenvalue weighted by molar-refractivity contribution is -0.00679. The first-order valence-corrected chi connectivity index (χ1v) is 12.8. The molecule has 0 aliphatic carbocycles. The molecule has 1 aliphatic heterocycles. The van der Waals surface area contributed by atoms with Crippen molar-refractivity contribution >= 4 is 105 Å². The average molecular weight is 640 g/mol. The fourth-order valence-corrected chi connectivity index (χ4v) is 5.14. The molecular weight excluding hydrogens is 628 g/mol. The number of imide groups is 1. The number of hydrogen-bond donors (Lipinski definition) is 0. The van der Waals surface area contributed by atoms with Crippen LogP contribution in [0.25, 0.3) is 0 Å². The van der Waals surface area contributed by atoms with Crippen LogP contribution in [0.5, 0.6) is 0 Å². The van der Waals surface area contributed by atoms with Crippen LogP contribution in [-0.2, 0) is 0 Å². The molecule has 0 aromatic heterocycles. The molecule has 4 rings (SSSR count). The number of hydrazine groups is 1. The molecule has 0 saturated carbocycles. The van der Waals surface area contributed by atoms with E-state index >= 15 is 0 Å². The second-order valence-electron chi connectivity index (χ2n) is 7.75. The fourth-order valence-electron chi connectivity index (χ4n) is 3.70. The SMILES string of the molecule is C[C@H](C(=O)c1ccc(Cl)cc1)N(C(=O)c1ccc(Cl)c(Cl)c1)N1C(=O)c2c(Cl)c(Cl)c(Cl)c(Cl)c2C1=O. The van der Waals surface area contributed by atoms with Crippen molar-refractivity contribution in [2.75, 3.05) is 0 Å². The van der Waals surface area contributed by atoms with Gasteiger partial charge in [-0.15, -0.1) is 0 Å². The van der Waals surface area contributed by atoms with Crippen LogP contribution in [0.3, 0.4) is 0 Å². The molecule has 0 unspecified atom stereocenters. The molecule has 0 fully saturated rings. The third-order valence-electron chi connectivity index (χ3n) is 5.54. The van der Waals surface area contributed by atoms with Gasteiger partial charge in [0.25, 0.3) is 17.7 Å². The lowest BCUT2D eigenvalue weighted by Gasteiger charge is -2.34. The van der Waals surface area contributed by atoms with Gasteiger partial charge in [-0.3, -0.25) is 19.2 Å². The van der Waals surface area contributed by atoms with Crippen LogP contribution in [-0.4, -0.2) is 39.6 Å². The summed E-state index contributed by atoms with van der Waals surface area (Å²) >= 11 is 42.7. The van der Waals surface area contributed by atoms with Gasteiger partial charge in [-0.1, -0.05) is 81.2 Å². The van der Waals surface area contributed by atoms with E-state index < -0.39 is 29.5 Å². The topological polar surface area (TPSA) is 74.8 Å². The molecule has 0 N–H and O–H groups in total. The Labute approximate surface area is 245 Å². The Bertz CT molecular complexity index is 1460. The Morgan fingerprint density at radius 3 is 1.68 bits per heavy atom. The van der Waals surface area contributed by atoms with Gasteiger partial charge in [0.2, 0.25) is 0 Å². The molecular formula is C24H11Cl7N2O4. The minimum Gasteiger partial charge on any atom is -0.292 e. The standard InChI is InChI=1S/C24H11Cl7N2O4/c1-9(21(34)10-2-5-12(25)6-3-10)32(22(35)11-4-7-13(26)14(27)8-11)33-23(36)15-16(24(33)37)18(29)20(31)19(30)17(15)28/h2-9H,1H3/t9-/m1/s1. The van der Waals surface area contributed by atoms with Crippen molar-refractivity contribution in [1.29, 1.82) is 0 Å². The predicted molar refractivity (Wildman–Crippen MR) is 145 cm³/mol. The van der Waals surface area contributed by atoms with Crippen molar-refractivity contribution in [2.24, 2.45) is 0 Å². The molecule has 3 aromatic carbocycles. The van der Waals surface area contributed by atoms with Crippen LogP contribution >= 0.6 is 81.2 Å². The number of fused-ring (bicyclic) bond motifs is 1. The summed E-state index contributed by atoms with van der Waals surface area (Å²) in [6.07, 6.45) is 0. The monoisotopic (exact) mass is 636 g/mol. The smallest absolute Gasteiger partial charge is 0.282 e. The van der Waals surface area contributed by atoms with Crippen molar-refractivity contribution in [3.8, 4) is 0 Å². The van der Waals surface area contributed by atoms with Crippen LogP contribution < -0.4 is 0 Å². The maximum atomic E-state index is 13.8. The number of Topliss-reactive ketones (excluding diaryl/α,β-unsaturated/α-hetero) is 1. The van der Waals surface area contributed by atoms with Crippen LogP contribution in [0.15, 0.2) is 42.5 Å². The minimum atomic E-state index is -1.38. The molecule has 190 valence electrons. The van der Waals surface area contributed by atoms with E-state index in [1.54, 1.807) is 0 Å². The van der Waals surface area contributed by atoms with Crippen LogP contribution in [0.4, 0.5) is 0 Å². The Balaban J connectivity index is 1.88. The van der Waals surface area contributed by atoms with Crippen molar-refractivity contribution in [3.63, 3.8) is 0 Å². The zero-order valence-corrected chi connectivity index (χ0v) is 23.6. The molecule has 3 amide bonds. The third-order valence-corrected chi connectivity index (χ3v) is 8.34. The predicted octanol–water partition coefficient (Wildman–Crippen LogP) is 8.19. The van der Waals surface area contributed by atoms with Gasteiger partial charge in [-0.05, 0) is 49.4 Å². The Morgan fingerprint density at radius 1 is 0.703 bits per heavy atom. The van der Waals surface area contributed by atoms with Gasteiger partial charge < -0.3 is 0 Å². The molecule has 37 heavy (non-hydrogen) atoms. The molecule has 0 saturated heterocycles. The average Bonchev–Trinajstić information content (AvgIpc) is 3.13. The molecule has 0 bridgehead atoms. The molecule has 13 heteroatoms. The highest BCUT2D eigenvalue weighted by Gasteiger charge is 2.48. The fraction of sp³-hybridized carbons (Fsp3) is 0.0833. The summed E-state index contributed by atoms with van der Waals surface area (Å²) in [5, 5.41) is 0.622. The van der Waals surface area contributed by atoms with E-state index in [9.17, 15) is 19.2 Å². The van der Waals surface area contributed by atoms with E-state index in [4.69, 9.17) is 81.2 Å². The highest BCUT2D eigenvalue weighted by molar-refractivity contribution is 6.55. The molecule has 0 radical (unpaired) electrons. The summed E-state index contributed by atoms with van der Waals surface area (Å²) in [7, 11) is 0. The van der Waals surface area contributed by atoms with E-state index in [1.165, 1.54) is 49.4 Å². The number of carbonyl (C=O) groups is 4. The van der Waals surface area contributed by atoms with E-state index in [2.05, 4.69) is 0 Å². The first-order chi connectivity index (χ1) is 17.4. The van der Waals surface area contributed by atoms with Gasteiger partial charge in [0.15, 0.2) is 5.78 Å². The van der Waals surface area contributed by atoms with Crippen molar-refractivity contribution in [1.82, 2.24) is 10.0 Å². The maximum absolute atomic E-state index is 13.8. The summed E-state index contributed by atoms with van der Waals surface area (Å²) in [6, 6.07) is 8.40. The number of carbonyl (C=O) groups excluding carboxylic acids is 4. The van der Waals surface area contributed by atoms with Gasteiger partial charge in [0, 0.05) is 16.1 Å². The largest absolute Gasteiger partial charge is 0.292 e. The number of halogens is 7. The third kappa shape index (κ3) is 4.81. The number of hydrogen-bond acceptors (Lipinski definition) is 4. The first kappa shape index (κ1) is 28.0. The number of benzene rings is 3. The molecule has 1 heterocycles. The van der Waals surface area contributed by atoms with Crippen LogP contribution in [0.1, 0.15) is 48.4 Å². The highest BCUT2D eigenvalue weighted by Crippen LogP contribution is 2.45. The zero-order valence-electron chi connectivity index (χ0n) is 18.3. The number of rotatable bonds is 5. The Morgan fingerprint density at radius 2 is 1.19 bits per heavy atom. The first-order valence-electron chi connectivity index (χ1n) is 10.2. The van der Waals surface area contributed by atoms with Crippen molar-refractivity contribution < 1.29 is 19.2 Å². The van der Waals surface area contributed by atoms with Crippen LogP contribution in [0.2, 0.25) is 35.2 Å². The summed E-state index contributed by atoms with van der Waals surface area (Å²) in [6.45, 7) is 1.35. The van der Waals surface area contributed by atoms with E-state index in [0.29, 0.717) is 15.0 Å².